The highest BCUT2D eigenvalue weighted by atomic mass is 127. The summed E-state index contributed by atoms with van der Waals surface area (Å²) in [6, 6.07) is 11.0. The number of amides is 1. The summed E-state index contributed by atoms with van der Waals surface area (Å²) < 4.78 is 6.78. The van der Waals surface area contributed by atoms with Gasteiger partial charge in [-0.25, -0.2) is 0 Å². The van der Waals surface area contributed by atoms with E-state index in [9.17, 15) is 4.79 Å². The van der Waals surface area contributed by atoms with Gasteiger partial charge in [0.25, 0.3) is 5.91 Å². The van der Waals surface area contributed by atoms with Gasteiger partial charge in [0.05, 0.1) is 0 Å². The Morgan fingerprint density at radius 2 is 1.94 bits per heavy atom. The van der Waals surface area contributed by atoms with Crippen molar-refractivity contribution >= 4 is 28.5 Å². The minimum atomic E-state index is -0.233. The van der Waals surface area contributed by atoms with E-state index < -0.39 is 0 Å². The van der Waals surface area contributed by atoms with Crippen LogP contribution < -0.4 is 10.1 Å². The van der Waals surface area contributed by atoms with Gasteiger partial charge in [0.2, 0.25) is 0 Å². The van der Waals surface area contributed by atoms with Gasteiger partial charge in [0.1, 0.15) is 17.2 Å². The third-order valence-corrected chi connectivity index (χ3v) is 2.96. The van der Waals surface area contributed by atoms with Crippen LogP contribution in [0.4, 0.5) is 0 Å². The molecule has 0 radical (unpaired) electrons. The number of aromatic nitrogens is 1. The van der Waals surface area contributed by atoms with Crippen LogP contribution in [0.3, 0.4) is 0 Å². The average molecular weight is 354 g/mol. The van der Waals surface area contributed by atoms with E-state index in [0.717, 1.165) is 9.32 Å². The smallest absolute Gasteiger partial charge is 0.269 e. The number of hydrogen-bond donors (Lipinski definition) is 1. The monoisotopic (exact) mass is 354 g/mol. The minimum Gasteiger partial charge on any atom is -0.457 e. The summed E-state index contributed by atoms with van der Waals surface area (Å²) in [5.41, 5.74) is 0.334. The molecule has 0 atom stereocenters. The number of pyridine rings is 1. The Balaban J connectivity index is 2.19. The fourth-order valence-electron chi connectivity index (χ4n) is 1.37. The number of benzene rings is 1. The standard InChI is InChI=1S/C13H11IN2O2/c1-15-13(17)12-8-11(6-7-16-12)18-10-4-2-9(14)3-5-10/h2-8H,1H3,(H,15,17). The molecule has 1 N–H and O–H groups in total. The first-order valence-corrected chi connectivity index (χ1v) is 6.38. The number of carbonyl (C=O) groups excluding carboxylic acids is 1. The minimum absolute atomic E-state index is 0.233. The molecule has 18 heavy (non-hydrogen) atoms. The van der Waals surface area contributed by atoms with E-state index in [-0.39, 0.29) is 5.91 Å². The molecule has 5 heteroatoms. The highest BCUT2D eigenvalue weighted by Gasteiger charge is 2.06. The molecule has 1 heterocycles. The molecule has 1 amide bonds. The molecule has 0 unspecified atom stereocenters. The van der Waals surface area contributed by atoms with Gasteiger partial charge in [-0.2, -0.15) is 0 Å². The Bertz CT molecular complexity index is 555. The second-order valence-electron chi connectivity index (χ2n) is 3.51. The van der Waals surface area contributed by atoms with Gasteiger partial charge in [0, 0.05) is 22.9 Å². The van der Waals surface area contributed by atoms with E-state index in [4.69, 9.17) is 4.74 Å². The molecule has 0 bridgehead atoms. The molecular formula is C13H11IN2O2. The van der Waals surface area contributed by atoms with Crippen LogP contribution in [0, 0.1) is 3.57 Å². The van der Waals surface area contributed by atoms with Crippen LogP contribution in [0.25, 0.3) is 0 Å². The molecule has 0 aliphatic carbocycles. The summed E-state index contributed by atoms with van der Waals surface area (Å²) in [7, 11) is 1.57. The van der Waals surface area contributed by atoms with Crippen LogP contribution >= 0.6 is 22.6 Å². The van der Waals surface area contributed by atoms with E-state index in [0.29, 0.717) is 11.4 Å². The van der Waals surface area contributed by atoms with Crippen LogP contribution in [0.15, 0.2) is 42.6 Å². The molecular weight excluding hydrogens is 343 g/mol. The third-order valence-electron chi connectivity index (χ3n) is 2.24. The molecule has 2 aromatic rings. The lowest BCUT2D eigenvalue weighted by molar-refractivity contribution is 0.0958. The number of nitrogens with zero attached hydrogens (tertiary/aromatic N) is 1. The van der Waals surface area contributed by atoms with Crippen LogP contribution in [-0.2, 0) is 0 Å². The molecule has 4 nitrogen and oxygen atoms in total. The Morgan fingerprint density at radius 3 is 2.61 bits per heavy atom. The van der Waals surface area contributed by atoms with Crippen molar-refractivity contribution in [3.8, 4) is 11.5 Å². The summed E-state index contributed by atoms with van der Waals surface area (Å²) in [5, 5.41) is 2.52. The van der Waals surface area contributed by atoms with Crippen LogP contribution in [-0.4, -0.2) is 17.9 Å². The van der Waals surface area contributed by atoms with Gasteiger partial charge in [-0.05, 0) is 52.9 Å². The van der Waals surface area contributed by atoms with Crippen molar-refractivity contribution in [2.24, 2.45) is 0 Å². The predicted octanol–water partition coefficient (Wildman–Crippen LogP) is 2.84. The van der Waals surface area contributed by atoms with Gasteiger partial charge in [-0.3, -0.25) is 9.78 Å². The molecule has 0 saturated carbocycles. The molecule has 1 aromatic carbocycles. The summed E-state index contributed by atoms with van der Waals surface area (Å²) in [5.74, 6) is 1.08. The Hall–Kier alpha value is -1.63. The number of carbonyl (C=O) groups is 1. The van der Waals surface area contributed by atoms with Crippen molar-refractivity contribution < 1.29 is 9.53 Å². The lowest BCUT2D eigenvalue weighted by Gasteiger charge is -2.06. The number of rotatable bonds is 3. The van der Waals surface area contributed by atoms with Gasteiger partial charge in [0.15, 0.2) is 0 Å². The van der Waals surface area contributed by atoms with E-state index in [1.165, 1.54) is 0 Å². The molecule has 0 fully saturated rings. The summed E-state index contributed by atoms with van der Waals surface area (Å²) in [4.78, 5) is 15.4. The Morgan fingerprint density at radius 1 is 1.22 bits per heavy atom. The van der Waals surface area contributed by atoms with Gasteiger partial charge < -0.3 is 10.1 Å². The zero-order valence-corrected chi connectivity index (χ0v) is 11.8. The molecule has 0 saturated heterocycles. The molecule has 0 aliphatic heterocycles. The average Bonchev–Trinajstić information content (AvgIpc) is 2.41. The summed E-state index contributed by atoms with van der Waals surface area (Å²) in [6.07, 6.45) is 1.55. The number of hydrogen-bond acceptors (Lipinski definition) is 3. The highest BCUT2D eigenvalue weighted by molar-refractivity contribution is 14.1. The molecule has 0 aliphatic rings. The second kappa shape index (κ2) is 5.81. The van der Waals surface area contributed by atoms with Crippen molar-refractivity contribution in [3.05, 3.63) is 51.9 Å². The zero-order valence-electron chi connectivity index (χ0n) is 9.68. The lowest BCUT2D eigenvalue weighted by atomic mass is 10.3. The number of halogens is 1. The van der Waals surface area contributed by atoms with Gasteiger partial charge in [-0.15, -0.1) is 0 Å². The first-order valence-electron chi connectivity index (χ1n) is 5.30. The summed E-state index contributed by atoms with van der Waals surface area (Å²) >= 11 is 2.23. The summed E-state index contributed by atoms with van der Waals surface area (Å²) in [6.45, 7) is 0. The SMILES string of the molecule is CNC(=O)c1cc(Oc2ccc(I)cc2)ccn1. The van der Waals surface area contributed by atoms with Crippen molar-refractivity contribution in [1.29, 1.82) is 0 Å². The third kappa shape index (κ3) is 3.19. The van der Waals surface area contributed by atoms with Gasteiger partial charge in [-0.1, -0.05) is 0 Å². The lowest BCUT2D eigenvalue weighted by Crippen LogP contribution is -2.18. The fourth-order valence-corrected chi connectivity index (χ4v) is 1.73. The number of nitrogens with one attached hydrogen (secondary N) is 1. The Kier molecular flexibility index (Phi) is 4.14. The zero-order chi connectivity index (χ0) is 13.0. The fraction of sp³-hybridized carbons (Fsp3) is 0.0769. The quantitative estimate of drug-likeness (QED) is 0.863. The second-order valence-corrected chi connectivity index (χ2v) is 4.76. The molecule has 92 valence electrons. The van der Waals surface area contributed by atoms with Crippen LogP contribution in [0.1, 0.15) is 10.5 Å². The first-order chi connectivity index (χ1) is 8.69. The van der Waals surface area contributed by atoms with Crippen molar-refractivity contribution in [2.75, 3.05) is 7.05 Å². The van der Waals surface area contributed by atoms with Gasteiger partial charge >= 0.3 is 0 Å². The van der Waals surface area contributed by atoms with E-state index in [2.05, 4.69) is 32.9 Å². The van der Waals surface area contributed by atoms with E-state index >= 15 is 0 Å². The van der Waals surface area contributed by atoms with Crippen molar-refractivity contribution in [1.82, 2.24) is 10.3 Å². The first kappa shape index (κ1) is 12.8. The van der Waals surface area contributed by atoms with E-state index in [1.807, 2.05) is 24.3 Å². The Labute approximate surface area is 119 Å². The van der Waals surface area contributed by atoms with Crippen molar-refractivity contribution in [2.45, 2.75) is 0 Å². The number of ether oxygens (including phenoxy) is 1. The maximum atomic E-state index is 11.4. The molecule has 0 spiro atoms. The van der Waals surface area contributed by atoms with Crippen molar-refractivity contribution in [3.63, 3.8) is 0 Å². The maximum absolute atomic E-state index is 11.4. The highest BCUT2D eigenvalue weighted by Crippen LogP contribution is 2.22. The van der Waals surface area contributed by atoms with Crippen LogP contribution in [0.5, 0.6) is 11.5 Å². The molecule has 1 aromatic heterocycles. The molecule has 2 rings (SSSR count). The topological polar surface area (TPSA) is 51.2 Å². The normalized spacial score (nSPS) is 9.89. The predicted molar refractivity (Wildman–Crippen MR) is 76.9 cm³/mol. The van der Waals surface area contributed by atoms with Crippen LogP contribution in [0.2, 0.25) is 0 Å². The van der Waals surface area contributed by atoms with E-state index in [1.54, 1.807) is 25.4 Å². The maximum Gasteiger partial charge on any atom is 0.269 e. The largest absolute Gasteiger partial charge is 0.457 e.